The van der Waals surface area contributed by atoms with Crippen LogP contribution in [0.2, 0.25) is 0 Å². The van der Waals surface area contributed by atoms with Gasteiger partial charge in [0, 0.05) is 23.5 Å². The molecule has 0 fully saturated rings. The third-order valence-electron chi connectivity index (χ3n) is 5.97. The van der Waals surface area contributed by atoms with Gasteiger partial charge in [0.25, 0.3) is 0 Å². The van der Waals surface area contributed by atoms with Gasteiger partial charge in [-0.2, -0.15) is 0 Å². The van der Waals surface area contributed by atoms with Gasteiger partial charge in [-0.25, -0.2) is 0 Å². The van der Waals surface area contributed by atoms with Crippen LogP contribution in [0.15, 0.2) is 85.2 Å². The summed E-state index contributed by atoms with van der Waals surface area (Å²) in [5, 5.41) is 7.68. The van der Waals surface area contributed by atoms with E-state index in [1.807, 2.05) is 36.7 Å². The number of hydrogen-bond acceptors (Lipinski definition) is 2. The minimum absolute atomic E-state index is 0.872. The summed E-state index contributed by atoms with van der Waals surface area (Å²) in [6.07, 6.45) is 8.79. The summed E-state index contributed by atoms with van der Waals surface area (Å²) in [7, 11) is 0. The first-order valence-corrected chi connectivity index (χ1v) is 10.3. The van der Waals surface area contributed by atoms with Crippen molar-refractivity contribution in [1.82, 2.24) is 4.98 Å². The van der Waals surface area contributed by atoms with E-state index in [2.05, 4.69) is 53.5 Å². The molecule has 0 aliphatic heterocycles. The van der Waals surface area contributed by atoms with Crippen molar-refractivity contribution in [2.75, 3.05) is 5.73 Å². The lowest BCUT2D eigenvalue weighted by Crippen LogP contribution is -2.03. The van der Waals surface area contributed by atoms with Gasteiger partial charge >= 0.3 is 0 Å². The second kappa shape index (κ2) is 7.56. The van der Waals surface area contributed by atoms with Crippen LogP contribution in [0.3, 0.4) is 0 Å². The van der Waals surface area contributed by atoms with Crippen molar-refractivity contribution < 1.29 is 0 Å². The molecule has 1 aliphatic carbocycles. The number of rotatable bonds is 0. The van der Waals surface area contributed by atoms with Crippen LogP contribution in [0.1, 0.15) is 24.0 Å². The molecular formula is C27H24N2. The molecule has 0 amide bonds. The second-order valence-corrected chi connectivity index (χ2v) is 7.74. The highest BCUT2D eigenvalue weighted by atomic mass is 14.6. The van der Waals surface area contributed by atoms with E-state index in [-0.39, 0.29) is 0 Å². The Labute approximate surface area is 171 Å². The molecule has 0 saturated carbocycles. The fourth-order valence-electron chi connectivity index (χ4n) is 4.48. The van der Waals surface area contributed by atoms with Crippen molar-refractivity contribution in [2.24, 2.45) is 0 Å². The second-order valence-electron chi connectivity index (χ2n) is 7.74. The molecule has 0 saturated heterocycles. The molecule has 0 atom stereocenters. The number of aromatic nitrogens is 1. The van der Waals surface area contributed by atoms with Crippen LogP contribution in [-0.4, -0.2) is 4.98 Å². The number of nitrogen functional groups attached to an aromatic ring is 1. The predicted octanol–water partition coefficient (Wildman–Crippen LogP) is 6.69. The quantitative estimate of drug-likeness (QED) is 0.241. The molecule has 0 spiro atoms. The minimum atomic E-state index is 0.872. The highest BCUT2D eigenvalue weighted by molar-refractivity contribution is 6.12. The van der Waals surface area contributed by atoms with Crippen LogP contribution in [0, 0.1) is 0 Å². The van der Waals surface area contributed by atoms with Gasteiger partial charge in [0.15, 0.2) is 0 Å². The largest absolute Gasteiger partial charge is 0.398 e. The van der Waals surface area contributed by atoms with Crippen LogP contribution in [0.25, 0.3) is 32.3 Å². The Morgan fingerprint density at radius 3 is 2.28 bits per heavy atom. The molecular weight excluding hydrogens is 352 g/mol. The number of anilines is 1. The molecule has 1 aromatic heterocycles. The van der Waals surface area contributed by atoms with Crippen molar-refractivity contribution in [2.45, 2.75) is 25.7 Å². The number of pyridine rings is 1. The SMILES string of the molecule is Nc1cccc2c1ccc1c3c(ccc12)CCCC3.c1ccc2cnccc2c1. The van der Waals surface area contributed by atoms with E-state index < -0.39 is 0 Å². The first-order chi connectivity index (χ1) is 14.3. The molecule has 1 aliphatic rings. The van der Waals surface area contributed by atoms with E-state index in [4.69, 9.17) is 5.73 Å². The Balaban J connectivity index is 0.000000153. The Kier molecular flexibility index (Phi) is 4.61. The third kappa shape index (κ3) is 3.31. The number of nitrogens with two attached hydrogens (primary N) is 1. The van der Waals surface area contributed by atoms with Crippen LogP contribution in [0.5, 0.6) is 0 Å². The predicted molar refractivity (Wildman–Crippen MR) is 124 cm³/mol. The molecule has 6 rings (SSSR count). The molecule has 29 heavy (non-hydrogen) atoms. The van der Waals surface area contributed by atoms with Crippen molar-refractivity contribution in [3.63, 3.8) is 0 Å². The minimum Gasteiger partial charge on any atom is -0.398 e. The number of nitrogens with zero attached hydrogens (tertiary/aromatic N) is 1. The van der Waals surface area contributed by atoms with E-state index in [1.165, 1.54) is 58.0 Å². The van der Waals surface area contributed by atoms with Gasteiger partial charge in [0.05, 0.1) is 0 Å². The van der Waals surface area contributed by atoms with Crippen molar-refractivity contribution in [3.05, 3.63) is 96.3 Å². The highest BCUT2D eigenvalue weighted by Crippen LogP contribution is 2.34. The third-order valence-corrected chi connectivity index (χ3v) is 5.97. The van der Waals surface area contributed by atoms with Gasteiger partial charge in [-0.15, -0.1) is 0 Å². The van der Waals surface area contributed by atoms with E-state index in [9.17, 15) is 0 Å². The standard InChI is InChI=1S/C18H17N.C9H7N/c19-18-7-3-6-14-16-9-8-12-4-1-2-5-13(12)15(16)10-11-17(14)18;1-2-4-9-7-10-6-5-8(9)3-1/h3,6-11H,1-2,4-5,19H2;1-7H. The molecule has 2 N–H and O–H groups in total. The monoisotopic (exact) mass is 376 g/mol. The van der Waals surface area contributed by atoms with Gasteiger partial charge in [-0.05, 0) is 75.9 Å². The molecule has 142 valence electrons. The maximum atomic E-state index is 6.09. The van der Waals surface area contributed by atoms with Crippen molar-refractivity contribution in [1.29, 1.82) is 0 Å². The lowest BCUT2D eigenvalue weighted by molar-refractivity contribution is 0.690. The topological polar surface area (TPSA) is 38.9 Å². The van der Waals surface area contributed by atoms with E-state index in [0.717, 1.165) is 5.69 Å². The average Bonchev–Trinajstić information content (AvgIpc) is 2.79. The normalized spacial score (nSPS) is 13.1. The summed E-state index contributed by atoms with van der Waals surface area (Å²) in [6, 6.07) is 25.5. The molecule has 4 aromatic carbocycles. The molecule has 0 bridgehead atoms. The molecule has 2 nitrogen and oxygen atoms in total. The molecule has 5 aromatic rings. The lowest BCUT2D eigenvalue weighted by Gasteiger charge is -2.19. The van der Waals surface area contributed by atoms with E-state index in [1.54, 1.807) is 11.1 Å². The Morgan fingerprint density at radius 1 is 0.621 bits per heavy atom. The van der Waals surface area contributed by atoms with E-state index >= 15 is 0 Å². The summed E-state index contributed by atoms with van der Waals surface area (Å²) in [6.45, 7) is 0. The number of fused-ring (bicyclic) bond motifs is 6. The van der Waals surface area contributed by atoms with Gasteiger partial charge < -0.3 is 5.73 Å². The number of hydrogen-bond donors (Lipinski definition) is 1. The zero-order valence-corrected chi connectivity index (χ0v) is 16.4. The summed E-state index contributed by atoms with van der Waals surface area (Å²) in [4.78, 5) is 4.01. The van der Waals surface area contributed by atoms with Gasteiger partial charge in [-0.1, -0.05) is 60.7 Å². The van der Waals surface area contributed by atoms with Gasteiger partial charge in [0.1, 0.15) is 0 Å². The highest BCUT2D eigenvalue weighted by Gasteiger charge is 2.13. The number of benzene rings is 4. The molecule has 0 radical (unpaired) electrons. The fourth-order valence-corrected chi connectivity index (χ4v) is 4.48. The number of aryl methyl sites for hydroxylation is 2. The first-order valence-electron chi connectivity index (χ1n) is 10.3. The summed E-state index contributed by atoms with van der Waals surface area (Å²) in [5.74, 6) is 0. The Morgan fingerprint density at radius 2 is 1.38 bits per heavy atom. The molecule has 0 unspecified atom stereocenters. The van der Waals surface area contributed by atoms with Crippen molar-refractivity contribution in [3.8, 4) is 0 Å². The Bertz CT molecular complexity index is 1260. The summed E-state index contributed by atoms with van der Waals surface area (Å²) in [5.41, 5.74) is 10.1. The smallest absolute Gasteiger partial charge is 0.0393 e. The maximum absolute atomic E-state index is 6.09. The lowest BCUT2D eigenvalue weighted by atomic mass is 9.86. The van der Waals surface area contributed by atoms with Crippen LogP contribution in [-0.2, 0) is 12.8 Å². The summed E-state index contributed by atoms with van der Waals surface area (Å²) >= 11 is 0. The van der Waals surface area contributed by atoms with Gasteiger partial charge in [-0.3, -0.25) is 4.98 Å². The fraction of sp³-hybridized carbons (Fsp3) is 0.148. The van der Waals surface area contributed by atoms with Crippen LogP contribution < -0.4 is 5.73 Å². The Hall–Kier alpha value is -3.39. The van der Waals surface area contributed by atoms with Crippen molar-refractivity contribution >= 4 is 38.0 Å². The maximum Gasteiger partial charge on any atom is 0.0393 e. The average molecular weight is 377 g/mol. The molecule has 2 heteroatoms. The zero-order valence-electron chi connectivity index (χ0n) is 16.4. The summed E-state index contributed by atoms with van der Waals surface area (Å²) < 4.78 is 0. The molecule has 1 heterocycles. The zero-order chi connectivity index (χ0) is 19.6. The first kappa shape index (κ1) is 17.7. The van der Waals surface area contributed by atoms with Crippen LogP contribution >= 0.6 is 0 Å². The van der Waals surface area contributed by atoms with Crippen LogP contribution in [0.4, 0.5) is 5.69 Å². The van der Waals surface area contributed by atoms with Gasteiger partial charge in [0.2, 0.25) is 0 Å². The van der Waals surface area contributed by atoms with E-state index in [0.29, 0.717) is 0 Å².